The summed E-state index contributed by atoms with van der Waals surface area (Å²) < 4.78 is 0. The van der Waals surface area contributed by atoms with Gasteiger partial charge in [-0.15, -0.1) is 50.9 Å². The zero-order valence-corrected chi connectivity index (χ0v) is 19.3. The molecule has 2 atom stereocenters. The minimum atomic E-state index is -1.14. The van der Waals surface area contributed by atoms with Gasteiger partial charge in [0.1, 0.15) is 6.04 Å². The number of nitrogens with zero attached hydrogens (tertiary/aromatic N) is 2. The molecule has 0 saturated heterocycles. The van der Waals surface area contributed by atoms with Crippen LogP contribution < -0.4 is 34.0 Å². The summed E-state index contributed by atoms with van der Waals surface area (Å²) in [5.41, 5.74) is 26.4. The van der Waals surface area contributed by atoms with Gasteiger partial charge in [-0.1, -0.05) is 0 Å². The lowest BCUT2D eigenvalue weighted by Gasteiger charge is -2.17. The van der Waals surface area contributed by atoms with Crippen molar-refractivity contribution in [1.29, 1.82) is 0 Å². The van der Waals surface area contributed by atoms with Crippen LogP contribution in [0.2, 0.25) is 0 Å². The highest BCUT2D eigenvalue weighted by Crippen LogP contribution is 2.01. The summed E-state index contributed by atoms with van der Waals surface area (Å²) >= 11 is 0. The first kappa shape index (κ1) is 32.5. The Morgan fingerprint density at radius 1 is 0.885 bits per heavy atom. The van der Waals surface area contributed by atoms with Gasteiger partial charge >= 0.3 is 5.97 Å². The minimum Gasteiger partial charge on any atom is -0.480 e. The van der Waals surface area contributed by atoms with E-state index in [0.717, 1.165) is 0 Å². The molecule has 0 aromatic heterocycles. The topological polar surface area (TPSA) is 221 Å². The number of hydrogen-bond donors (Lipinski definition) is 7. The molecular weight excluding hydrogens is 544 g/mol. The lowest BCUT2D eigenvalue weighted by Crippen LogP contribution is -2.48. The molecule has 14 heteroatoms. The van der Waals surface area contributed by atoms with Gasteiger partial charge in [-0.2, -0.15) is 0 Å². The Labute approximate surface area is 183 Å². The second kappa shape index (κ2) is 18.7. The molecule has 0 spiro atoms. The highest BCUT2D eigenvalue weighted by Gasteiger charge is 2.22. The number of aliphatic carboxylic acids is 1. The van der Waals surface area contributed by atoms with E-state index >= 15 is 0 Å². The molecule has 0 unspecified atom stereocenters. The maximum Gasteiger partial charge on any atom is 0.326 e. The number of carbonyl (C=O) groups is 2. The number of halogens is 3. The zero-order valence-electron chi connectivity index (χ0n) is 14.2. The fourth-order valence-electron chi connectivity index (χ4n) is 1.69. The van der Waals surface area contributed by atoms with Crippen LogP contribution >= 0.6 is 50.9 Å². The summed E-state index contributed by atoms with van der Waals surface area (Å²) in [5, 5.41) is 11.5. The standard InChI is InChI=1S/C12H26N8O3.3BrH/c13-7(3-1-5-18-11(14)15)9(21)20-8(10(22)23)4-2-6-19-12(16)17;;;/h7-8H,1-6,13H2,(H,20,21)(H,22,23)(H4,14,15,18)(H4,16,17,19);3*1H/t7-,8-;;;/m0.../s1. The molecule has 0 aromatic carbocycles. The summed E-state index contributed by atoms with van der Waals surface area (Å²) in [6.45, 7) is 0.636. The van der Waals surface area contributed by atoms with Gasteiger partial charge in [-0.3, -0.25) is 14.8 Å². The molecule has 26 heavy (non-hydrogen) atoms. The van der Waals surface area contributed by atoms with Crippen molar-refractivity contribution in [2.24, 2.45) is 38.7 Å². The van der Waals surface area contributed by atoms with Crippen LogP contribution in [0, 0.1) is 0 Å². The van der Waals surface area contributed by atoms with Crippen LogP contribution in [0.3, 0.4) is 0 Å². The van der Waals surface area contributed by atoms with E-state index in [9.17, 15) is 9.59 Å². The third-order valence-corrected chi connectivity index (χ3v) is 2.86. The first-order chi connectivity index (χ1) is 10.7. The average Bonchev–Trinajstić information content (AvgIpc) is 2.45. The number of carbonyl (C=O) groups excluding carboxylic acids is 1. The molecule has 11 nitrogen and oxygen atoms in total. The molecule has 0 heterocycles. The van der Waals surface area contributed by atoms with Gasteiger partial charge in [0, 0.05) is 13.1 Å². The molecule has 156 valence electrons. The van der Waals surface area contributed by atoms with E-state index in [1.54, 1.807) is 0 Å². The quantitative estimate of drug-likeness (QED) is 0.0895. The van der Waals surface area contributed by atoms with Gasteiger partial charge in [-0.05, 0) is 25.7 Å². The van der Waals surface area contributed by atoms with Crippen molar-refractivity contribution in [3.63, 3.8) is 0 Å². The minimum absolute atomic E-state index is 0. The molecule has 0 bridgehead atoms. The van der Waals surface area contributed by atoms with Gasteiger partial charge < -0.3 is 39.1 Å². The number of rotatable bonds is 11. The SMILES string of the molecule is Br.Br.Br.NC(N)=NCCC[C@H](NC(=O)[C@@H](N)CCCN=C(N)N)C(=O)O. The fraction of sp³-hybridized carbons (Fsp3) is 0.667. The number of aliphatic imine (C=N–C) groups is 2. The number of carboxylic acids is 1. The van der Waals surface area contributed by atoms with Crippen LogP contribution in [-0.2, 0) is 9.59 Å². The van der Waals surface area contributed by atoms with Crippen molar-refractivity contribution in [3.05, 3.63) is 0 Å². The number of amides is 1. The first-order valence-corrected chi connectivity index (χ1v) is 7.13. The molecule has 0 aliphatic heterocycles. The van der Waals surface area contributed by atoms with E-state index in [1.165, 1.54) is 0 Å². The second-order valence-corrected chi connectivity index (χ2v) is 4.90. The highest BCUT2D eigenvalue weighted by molar-refractivity contribution is 8.93. The first-order valence-electron chi connectivity index (χ1n) is 7.13. The number of nitrogens with two attached hydrogens (primary N) is 5. The molecule has 0 radical (unpaired) electrons. The van der Waals surface area contributed by atoms with E-state index in [0.29, 0.717) is 25.8 Å². The summed E-state index contributed by atoms with van der Waals surface area (Å²) in [7, 11) is 0. The van der Waals surface area contributed by atoms with Gasteiger partial charge in [0.2, 0.25) is 5.91 Å². The zero-order chi connectivity index (χ0) is 17.8. The van der Waals surface area contributed by atoms with Crippen LogP contribution in [-0.4, -0.2) is 54.1 Å². The number of nitrogens with one attached hydrogen (secondary N) is 1. The summed E-state index contributed by atoms with van der Waals surface area (Å²) in [5.74, 6) is -1.78. The van der Waals surface area contributed by atoms with Gasteiger partial charge in [0.05, 0.1) is 6.04 Å². The molecule has 12 N–H and O–H groups in total. The van der Waals surface area contributed by atoms with E-state index < -0.39 is 24.0 Å². The maximum atomic E-state index is 11.9. The van der Waals surface area contributed by atoms with E-state index in [1.807, 2.05) is 0 Å². The van der Waals surface area contributed by atoms with Crippen molar-refractivity contribution in [1.82, 2.24) is 5.32 Å². The van der Waals surface area contributed by atoms with Crippen molar-refractivity contribution in [2.75, 3.05) is 13.1 Å². The molecule has 0 aliphatic rings. The lowest BCUT2D eigenvalue weighted by molar-refractivity contribution is -0.142. The average molecular weight is 573 g/mol. The Bertz CT molecular complexity index is 457. The van der Waals surface area contributed by atoms with Crippen LogP contribution in [0.25, 0.3) is 0 Å². The fourth-order valence-corrected chi connectivity index (χ4v) is 1.69. The summed E-state index contributed by atoms with van der Waals surface area (Å²) in [6, 6.07) is -1.87. The summed E-state index contributed by atoms with van der Waals surface area (Å²) in [4.78, 5) is 30.5. The smallest absolute Gasteiger partial charge is 0.326 e. The third-order valence-electron chi connectivity index (χ3n) is 2.86. The largest absolute Gasteiger partial charge is 0.480 e. The second-order valence-electron chi connectivity index (χ2n) is 4.90. The van der Waals surface area contributed by atoms with Crippen molar-refractivity contribution in [3.8, 4) is 0 Å². The Hall–Kier alpha value is -1.12. The predicted octanol–water partition coefficient (Wildman–Crippen LogP) is -1.28. The molecule has 0 rings (SSSR count). The Balaban J connectivity index is -0.000000807. The Morgan fingerprint density at radius 2 is 1.31 bits per heavy atom. The third kappa shape index (κ3) is 17.7. The van der Waals surface area contributed by atoms with Crippen molar-refractivity contribution < 1.29 is 14.7 Å². The van der Waals surface area contributed by atoms with Crippen LogP contribution in [0.15, 0.2) is 9.98 Å². The van der Waals surface area contributed by atoms with Crippen LogP contribution in [0.5, 0.6) is 0 Å². The van der Waals surface area contributed by atoms with E-state index in [2.05, 4.69) is 15.3 Å². The molecule has 0 fully saturated rings. The van der Waals surface area contributed by atoms with E-state index in [4.69, 9.17) is 33.8 Å². The number of guanidine groups is 2. The van der Waals surface area contributed by atoms with Crippen molar-refractivity contribution in [2.45, 2.75) is 37.8 Å². The number of hydrogen-bond acceptors (Lipinski definition) is 5. The maximum absolute atomic E-state index is 11.9. The van der Waals surface area contributed by atoms with Gasteiger partial charge in [0.25, 0.3) is 0 Å². The highest BCUT2D eigenvalue weighted by atomic mass is 79.9. The summed E-state index contributed by atoms with van der Waals surface area (Å²) in [6.07, 6.45) is 1.45. The lowest BCUT2D eigenvalue weighted by atomic mass is 10.1. The normalized spacial score (nSPS) is 11.3. The van der Waals surface area contributed by atoms with Gasteiger partial charge in [-0.25, -0.2) is 4.79 Å². The van der Waals surface area contributed by atoms with Crippen LogP contribution in [0.4, 0.5) is 0 Å². The predicted molar refractivity (Wildman–Crippen MR) is 118 cm³/mol. The molecule has 0 saturated carbocycles. The molecule has 0 aliphatic carbocycles. The van der Waals surface area contributed by atoms with Crippen LogP contribution in [0.1, 0.15) is 25.7 Å². The molecule has 1 amide bonds. The molecule has 0 aromatic rings. The number of carboxylic acid groups (broad SMARTS) is 1. The monoisotopic (exact) mass is 570 g/mol. The van der Waals surface area contributed by atoms with Crippen molar-refractivity contribution >= 4 is 74.7 Å². The van der Waals surface area contributed by atoms with Gasteiger partial charge in [0.15, 0.2) is 11.9 Å². The Kier molecular flexibility index (Phi) is 23.4. The van der Waals surface area contributed by atoms with E-state index in [-0.39, 0.29) is 75.8 Å². The molecular formula is C12H29Br3N8O3. The Morgan fingerprint density at radius 3 is 1.69 bits per heavy atom.